The topological polar surface area (TPSA) is 46.9 Å². The van der Waals surface area contributed by atoms with Crippen molar-refractivity contribution in [1.29, 1.82) is 0 Å². The van der Waals surface area contributed by atoms with Gasteiger partial charge in [0.15, 0.2) is 0 Å². The van der Waals surface area contributed by atoms with Crippen molar-refractivity contribution in [1.82, 2.24) is 9.78 Å². The molecule has 4 nitrogen and oxygen atoms in total. The third-order valence-corrected chi connectivity index (χ3v) is 3.91. The number of aryl methyl sites for hydroxylation is 2. The highest BCUT2D eigenvalue weighted by Crippen LogP contribution is 2.16. The van der Waals surface area contributed by atoms with Crippen molar-refractivity contribution in [2.24, 2.45) is 0 Å². The van der Waals surface area contributed by atoms with Crippen LogP contribution in [0, 0.1) is 13.8 Å². The molecule has 1 amide bonds. The molecule has 1 heterocycles. The molecular formula is C21H21N3O. The molecule has 25 heavy (non-hydrogen) atoms. The Hall–Kier alpha value is -3.14. The number of hydrogen-bond acceptors (Lipinski definition) is 2. The first-order chi connectivity index (χ1) is 12.1. The minimum absolute atomic E-state index is 0.150. The lowest BCUT2D eigenvalue weighted by Crippen LogP contribution is -2.08. The molecule has 0 bridgehead atoms. The molecule has 0 aliphatic rings. The second kappa shape index (κ2) is 7.62. The summed E-state index contributed by atoms with van der Waals surface area (Å²) in [4.78, 5) is 12.1. The predicted octanol–water partition coefficient (Wildman–Crippen LogP) is 4.20. The standard InChI is InChI=1S/C21H21N3O/c1-16-8-10-20(17(2)12-16)23-21(25)11-9-19-13-22-24(15-19)14-18-6-4-3-5-7-18/h3-13,15H,14H2,1-2H3,(H,23,25)/b11-9+. The summed E-state index contributed by atoms with van der Waals surface area (Å²) < 4.78 is 1.86. The highest BCUT2D eigenvalue weighted by molar-refractivity contribution is 6.02. The lowest BCUT2D eigenvalue weighted by Gasteiger charge is -2.06. The summed E-state index contributed by atoms with van der Waals surface area (Å²) >= 11 is 0. The van der Waals surface area contributed by atoms with Crippen LogP contribution < -0.4 is 5.32 Å². The van der Waals surface area contributed by atoms with Gasteiger partial charge < -0.3 is 5.32 Å². The Morgan fingerprint density at radius 1 is 1.16 bits per heavy atom. The molecule has 0 saturated carbocycles. The van der Waals surface area contributed by atoms with E-state index in [4.69, 9.17) is 0 Å². The van der Waals surface area contributed by atoms with Crippen molar-refractivity contribution >= 4 is 17.7 Å². The zero-order valence-electron chi connectivity index (χ0n) is 14.4. The summed E-state index contributed by atoms with van der Waals surface area (Å²) in [7, 11) is 0. The molecule has 0 aliphatic heterocycles. The van der Waals surface area contributed by atoms with Gasteiger partial charge in [-0.3, -0.25) is 9.48 Å². The molecule has 0 saturated heterocycles. The molecule has 2 aromatic carbocycles. The van der Waals surface area contributed by atoms with Gasteiger partial charge in [0.05, 0.1) is 12.7 Å². The minimum Gasteiger partial charge on any atom is -0.322 e. The number of rotatable bonds is 5. The second-order valence-corrected chi connectivity index (χ2v) is 6.10. The monoisotopic (exact) mass is 331 g/mol. The quantitative estimate of drug-likeness (QED) is 0.712. The summed E-state index contributed by atoms with van der Waals surface area (Å²) in [6, 6.07) is 16.1. The first kappa shape index (κ1) is 16.7. The number of aromatic nitrogens is 2. The molecule has 0 spiro atoms. The number of carbonyl (C=O) groups is 1. The predicted molar refractivity (Wildman–Crippen MR) is 101 cm³/mol. The van der Waals surface area contributed by atoms with Gasteiger partial charge in [0.25, 0.3) is 0 Å². The second-order valence-electron chi connectivity index (χ2n) is 6.10. The summed E-state index contributed by atoms with van der Waals surface area (Å²) in [6.45, 7) is 4.73. The average molecular weight is 331 g/mol. The zero-order valence-corrected chi connectivity index (χ0v) is 14.4. The molecule has 4 heteroatoms. The first-order valence-corrected chi connectivity index (χ1v) is 8.23. The van der Waals surface area contributed by atoms with E-state index in [0.717, 1.165) is 16.8 Å². The highest BCUT2D eigenvalue weighted by atomic mass is 16.1. The Morgan fingerprint density at radius 3 is 2.72 bits per heavy atom. The van der Waals surface area contributed by atoms with E-state index in [2.05, 4.69) is 22.5 Å². The van der Waals surface area contributed by atoms with Crippen LogP contribution in [0.5, 0.6) is 0 Å². The Kier molecular flexibility index (Phi) is 5.09. The summed E-state index contributed by atoms with van der Waals surface area (Å²) in [5.74, 6) is -0.150. The normalized spacial score (nSPS) is 11.0. The van der Waals surface area contributed by atoms with E-state index in [1.165, 1.54) is 17.2 Å². The summed E-state index contributed by atoms with van der Waals surface area (Å²) in [6.07, 6.45) is 6.98. The molecule has 126 valence electrons. The van der Waals surface area contributed by atoms with Crippen LogP contribution in [0.15, 0.2) is 67.0 Å². The molecule has 0 unspecified atom stereocenters. The zero-order chi connectivity index (χ0) is 17.6. The molecular weight excluding hydrogens is 310 g/mol. The van der Waals surface area contributed by atoms with Gasteiger partial charge in [0.1, 0.15) is 0 Å². The maximum absolute atomic E-state index is 12.1. The van der Waals surface area contributed by atoms with Crippen LogP contribution in [-0.4, -0.2) is 15.7 Å². The number of amides is 1. The van der Waals surface area contributed by atoms with E-state index in [-0.39, 0.29) is 5.91 Å². The van der Waals surface area contributed by atoms with Crippen molar-refractivity contribution in [2.45, 2.75) is 20.4 Å². The van der Waals surface area contributed by atoms with Crippen LogP contribution >= 0.6 is 0 Å². The van der Waals surface area contributed by atoms with Crippen molar-refractivity contribution in [2.75, 3.05) is 5.32 Å². The van der Waals surface area contributed by atoms with Gasteiger partial charge in [-0.1, -0.05) is 48.0 Å². The number of nitrogens with one attached hydrogen (secondary N) is 1. The summed E-state index contributed by atoms with van der Waals surface area (Å²) in [5, 5.41) is 7.23. The number of hydrogen-bond donors (Lipinski definition) is 1. The maximum Gasteiger partial charge on any atom is 0.248 e. The van der Waals surface area contributed by atoms with Gasteiger partial charge in [0, 0.05) is 23.5 Å². The van der Waals surface area contributed by atoms with E-state index in [0.29, 0.717) is 6.54 Å². The largest absolute Gasteiger partial charge is 0.322 e. The Balaban J connectivity index is 1.61. The van der Waals surface area contributed by atoms with Crippen molar-refractivity contribution in [3.63, 3.8) is 0 Å². The first-order valence-electron chi connectivity index (χ1n) is 8.23. The lowest BCUT2D eigenvalue weighted by molar-refractivity contribution is -0.111. The van der Waals surface area contributed by atoms with Crippen LogP contribution in [0.4, 0.5) is 5.69 Å². The molecule has 0 atom stereocenters. The van der Waals surface area contributed by atoms with Gasteiger partial charge in [-0.2, -0.15) is 5.10 Å². The Bertz CT molecular complexity index is 895. The van der Waals surface area contributed by atoms with Crippen molar-refractivity contribution in [3.05, 3.63) is 89.3 Å². The fourth-order valence-corrected chi connectivity index (χ4v) is 2.62. The fourth-order valence-electron chi connectivity index (χ4n) is 2.62. The number of anilines is 1. The SMILES string of the molecule is Cc1ccc(NC(=O)/C=C/c2cnn(Cc3ccccc3)c2)c(C)c1. The third kappa shape index (κ3) is 4.67. The third-order valence-electron chi connectivity index (χ3n) is 3.91. The van der Waals surface area contributed by atoms with Crippen LogP contribution in [0.1, 0.15) is 22.3 Å². The average Bonchev–Trinajstić information content (AvgIpc) is 3.04. The van der Waals surface area contributed by atoms with Gasteiger partial charge >= 0.3 is 0 Å². The molecule has 3 rings (SSSR count). The fraction of sp³-hybridized carbons (Fsp3) is 0.143. The molecule has 1 aromatic heterocycles. The molecule has 0 aliphatic carbocycles. The molecule has 3 aromatic rings. The van der Waals surface area contributed by atoms with Crippen LogP contribution in [0.2, 0.25) is 0 Å². The van der Waals surface area contributed by atoms with Crippen molar-refractivity contribution < 1.29 is 4.79 Å². The maximum atomic E-state index is 12.1. The Morgan fingerprint density at radius 2 is 1.96 bits per heavy atom. The highest BCUT2D eigenvalue weighted by Gasteiger charge is 2.02. The van der Waals surface area contributed by atoms with E-state index < -0.39 is 0 Å². The van der Waals surface area contributed by atoms with Crippen LogP contribution in [-0.2, 0) is 11.3 Å². The van der Waals surface area contributed by atoms with Crippen molar-refractivity contribution in [3.8, 4) is 0 Å². The van der Waals surface area contributed by atoms with E-state index in [9.17, 15) is 4.79 Å². The molecule has 0 radical (unpaired) electrons. The van der Waals surface area contributed by atoms with E-state index in [1.54, 1.807) is 12.3 Å². The Labute approximate surface area is 147 Å². The minimum atomic E-state index is -0.150. The van der Waals surface area contributed by atoms with Crippen LogP contribution in [0.25, 0.3) is 6.08 Å². The van der Waals surface area contributed by atoms with Gasteiger partial charge in [-0.25, -0.2) is 0 Å². The molecule has 1 N–H and O–H groups in total. The molecule has 0 fully saturated rings. The van der Waals surface area contributed by atoms with Gasteiger partial charge in [-0.15, -0.1) is 0 Å². The number of carbonyl (C=O) groups excluding carboxylic acids is 1. The van der Waals surface area contributed by atoms with Crippen LogP contribution in [0.3, 0.4) is 0 Å². The van der Waals surface area contributed by atoms with Gasteiger partial charge in [-0.05, 0) is 37.1 Å². The van der Waals surface area contributed by atoms with E-state index >= 15 is 0 Å². The number of benzene rings is 2. The smallest absolute Gasteiger partial charge is 0.248 e. The van der Waals surface area contributed by atoms with Gasteiger partial charge in [0.2, 0.25) is 5.91 Å². The number of nitrogens with zero attached hydrogens (tertiary/aromatic N) is 2. The summed E-state index contributed by atoms with van der Waals surface area (Å²) in [5.41, 5.74) is 5.15. The van der Waals surface area contributed by atoms with E-state index in [1.807, 2.05) is 61.1 Å². The lowest BCUT2D eigenvalue weighted by atomic mass is 10.1.